The van der Waals surface area contributed by atoms with Crippen molar-refractivity contribution in [3.05, 3.63) is 64.2 Å². The maximum absolute atomic E-state index is 11.2. The predicted octanol–water partition coefficient (Wildman–Crippen LogP) is 1.69. The number of nitrogens with one attached hydrogen (secondary N) is 1. The lowest BCUT2D eigenvalue weighted by molar-refractivity contribution is -0.384. The van der Waals surface area contributed by atoms with Crippen LogP contribution in [0.1, 0.15) is 5.56 Å². The Morgan fingerprint density at radius 2 is 1.86 bits per heavy atom. The van der Waals surface area contributed by atoms with Gasteiger partial charge in [0.1, 0.15) is 5.69 Å². The zero-order chi connectivity index (χ0) is 16.2. The second-order valence-corrected chi connectivity index (χ2v) is 5.82. The number of benzene rings is 2. The van der Waals surface area contributed by atoms with Crippen LogP contribution in [0.2, 0.25) is 0 Å². The minimum absolute atomic E-state index is 0.0598. The van der Waals surface area contributed by atoms with E-state index >= 15 is 0 Å². The molecule has 0 bridgehead atoms. The van der Waals surface area contributed by atoms with Gasteiger partial charge in [-0.3, -0.25) is 15.5 Å². The van der Waals surface area contributed by atoms with Crippen LogP contribution in [0.15, 0.2) is 58.5 Å². The number of sulfonamides is 1. The van der Waals surface area contributed by atoms with E-state index in [2.05, 4.69) is 10.5 Å². The van der Waals surface area contributed by atoms with Crippen LogP contribution in [0.5, 0.6) is 0 Å². The van der Waals surface area contributed by atoms with E-state index in [4.69, 9.17) is 5.14 Å². The lowest BCUT2D eigenvalue weighted by Crippen LogP contribution is -2.12. The van der Waals surface area contributed by atoms with Gasteiger partial charge in [0.05, 0.1) is 16.0 Å². The van der Waals surface area contributed by atoms with Gasteiger partial charge in [-0.1, -0.05) is 30.3 Å². The van der Waals surface area contributed by atoms with Crippen LogP contribution >= 0.6 is 0 Å². The number of nitrogens with zero attached hydrogens (tertiary/aromatic N) is 2. The van der Waals surface area contributed by atoms with Crippen molar-refractivity contribution < 1.29 is 13.3 Å². The van der Waals surface area contributed by atoms with Gasteiger partial charge >= 0.3 is 0 Å². The van der Waals surface area contributed by atoms with Gasteiger partial charge in [0, 0.05) is 6.07 Å². The van der Waals surface area contributed by atoms with Crippen LogP contribution in [0, 0.1) is 10.1 Å². The van der Waals surface area contributed by atoms with Gasteiger partial charge in [-0.15, -0.1) is 0 Å². The number of hydrogen-bond acceptors (Lipinski definition) is 6. The summed E-state index contributed by atoms with van der Waals surface area (Å²) in [6.45, 7) is 0. The molecule has 9 heteroatoms. The summed E-state index contributed by atoms with van der Waals surface area (Å²) >= 11 is 0. The van der Waals surface area contributed by atoms with E-state index in [9.17, 15) is 18.5 Å². The monoisotopic (exact) mass is 320 g/mol. The van der Waals surface area contributed by atoms with Gasteiger partial charge in [-0.05, 0) is 17.7 Å². The fourth-order valence-electron chi connectivity index (χ4n) is 1.65. The van der Waals surface area contributed by atoms with E-state index in [-0.39, 0.29) is 10.6 Å². The maximum atomic E-state index is 11.2. The summed E-state index contributed by atoms with van der Waals surface area (Å²) in [5.41, 5.74) is 2.94. The number of anilines is 1. The number of hydrazone groups is 1. The Bertz CT molecular complexity index is 819. The zero-order valence-electron chi connectivity index (χ0n) is 11.2. The molecule has 0 saturated heterocycles. The maximum Gasteiger partial charge on any atom is 0.295 e. The topological polar surface area (TPSA) is 128 Å². The molecule has 0 heterocycles. The van der Waals surface area contributed by atoms with Crippen LogP contribution in [0.3, 0.4) is 0 Å². The zero-order valence-corrected chi connectivity index (χ0v) is 12.0. The van der Waals surface area contributed by atoms with E-state index < -0.39 is 20.6 Å². The number of rotatable bonds is 5. The molecule has 2 rings (SSSR count). The highest BCUT2D eigenvalue weighted by atomic mass is 32.2. The molecule has 22 heavy (non-hydrogen) atoms. The van der Waals surface area contributed by atoms with Crippen molar-refractivity contribution in [3.8, 4) is 0 Å². The Morgan fingerprint density at radius 1 is 1.18 bits per heavy atom. The van der Waals surface area contributed by atoms with Gasteiger partial charge in [0.15, 0.2) is 0 Å². The highest BCUT2D eigenvalue weighted by Gasteiger charge is 2.18. The fraction of sp³-hybridized carbons (Fsp3) is 0. The van der Waals surface area contributed by atoms with E-state index in [1.807, 2.05) is 30.3 Å². The molecule has 0 fully saturated rings. The van der Waals surface area contributed by atoms with Crippen molar-refractivity contribution in [2.45, 2.75) is 4.90 Å². The molecule has 0 unspecified atom stereocenters. The average Bonchev–Trinajstić information content (AvgIpc) is 2.47. The summed E-state index contributed by atoms with van der Waals surface area (Å²) in [5, 5.41) is 19.9. The molecule has 0 amide bonds. The molecule has 0 radical (unpaired) electrons. The summed E-state index contributed by atoms with van der Waals surface area (Å²) in [6, 6.07) is 12.4. The number of nitro groups is 1. The predicted molar refractivity (Wildman–Crippen MR) is 82.1 cm³/mol. The largest absolute Gasteiger partial charge is 0.295 e. The molecule has 0 spiro atoms. The number of primary sulfonamides is 1. The number of nitro benzene ring substituents is 1. The molecule has 8 nitrogen and oxygen atoms in total. The van der Waals surface area contributed by atoms with E-state index in [0.717, 1.165) is 11.6 Å². The smallest absolute Gasteiger partial charge is 0.272 e. The minimum Gasteiger partial charge on any atom is -0.272 e. The van der Waals surface area contributed by atoms with Crippen LogP contribution < -0.4 is 10.6 Å². The third-order valence-electron chi connectivity index (χ3n) is 2.69. The first-order valence-electron chi connectivity index (χ1n) is 6.03. The molecule has 2 aromatic carbocycles. The van der Waals surface area contributed by atoms with Crippen molar-refractivity contribution in [1.82, 2.24) is 0 Å². The Hall–Kier alpha value is -2.78. The molecular formula is C13H12N4O4S. The minimum atomic E-state index is -4.01. The van der Waals surface area contributed by atoms with Crippen molar-refractivity contribution in [2.24, 2.45) is 10.2 Å². The normalized spacial score (nSPS) is 11.5. The van der Waals surface area contributed by atoms with Crippen molar-refractivity contribution in [3.63, 3.8) is 0 Å². The first kappa shape index (κ1) is 15.6. The number of nitrogens with two attached hydrogens (primary N) is 1. The molecule has 0 atom stereocenters. The SMILES string of the molecule is NS(=O)(=O)c1ccc(NN=Cc2ccccc2)c([N+](=O)[O-])c1. The highest BCUT2D eigenvalue weighted by molar-refractivity contribution is 7.89. The average molecular weight is 320 g/mol. The number of hydrogen-bond donors (Lipinski definition) is 2. The van der Waals surface area contributed by atoms with Crippen molar-refractivity contribution in [2.75, 3.05) is 5.43 Å². The van der Waals surface area contributed by atoms with Crippen LogP contribution in [-0.2, 0) is 10.0 Å². The van der Waals surface area contributed by atoms with E-state index in [1.165, 1.54) is 18.3 Å². The Balaban J connectivity index is 2.28. The molecule has 2 aromatic rings. The molecule has 0 aliphatic carbocycles. The third kappa shape index (κ3) is 3.87. The van der Waals surface area contributed by atoms with Crippen molar-refractivity contribution >= 4 is 27.6 Å². The van der Waals surface area contributed by atoms with Gasteiger partial charge in [-0.2, -0.15) is 5.10 Å². The van der Waals surface area contributed by atoms with Crippen LogP contribution in [-0.4, -0.2) is 19.6 Å². The summed E-state index contributed by atoms with van der Waals surface area (Å²) in [4.78, 5) is 9.96. The fourth-order valence-corrected chi connectivity index (χ4v) is 2.18. The Kier molecular flexibility index (Phi) is 4.49. The van der Waals surface area contributed by atoms with Crippen LogP contribution in [0.4, 0.5) is 11.4 Å². The lowest BCUT2D eigenvalue weighted by Gasteiger charge is -2.04. The molecular weight excluding hydrogens is 308 g/mol. The molecule has 114 valence electrons. The second kappa shape index (κ2) is 6.33. The molecule has 0 aliphatic rings. The third-order valence-corrected chi connectivity index (χ3v) is 3.60. The standard InChI is InChI=1S/C13H12N4O4S/c14-22(20,21)11-6-7-12(13(8-11)17(18)19)16-15-9-10-4-2-1-3-5-10/h1-9,16H,(H2,14,20,21). The summed E-state index contributed by atoms with van der Waals surface area (Å²) in [7, 11) is -4.01. The van der Waals surface area contributed by atoms with E-state index in [0.29, 0.717) is 0 Å². The van der Waals surface area contributed by atoms with Crippen LogP contribution in [0.25, 0.3) is 0 Å². The summed E-state index contributed by atoms with van der Waals surface area (Å²) in [5.74, 6) is 0. The second-order valence-electron chi connectivity index (χ2n) is 4.26. The summed E-state index contributed by atoms with van der Waals surface area (Å²) in [6.07, 6.45) is 1.48. The van der Waals surface area contributed by atoms with Gasteiger partial charge < -0.3 is 0 Å². The molecule has 3 N–H and O–H groups in total. The highest BCUT2D eigenvalue weighted by Crippen LogP contribution is 2.27. The van der Waals surface area contributed by atoms with E-state index in [1.54, 1.807) is 0 Å². The van der Waals surface area contributed by atoms with Gasteiger partial charge in [-0.25, -0.2) is 13.6 Å². The Labute approximate surface area is 126 Å². The first-order chi connectivity index (χ1) is 10.4. The van der Waals surface area contributed by atoms with Crippen molar-refractivity contribution in [1.29, 1.82) is 0 Å². The first-order valence-corrected chi connectivity index (χ1v) is 7.58. The molecule has 0 aliphatic heterocycles. The molecule has 0 aromatic heterocycles. The molecule has 0 saturated carbocycles. The van der Waals surface area contributed by atoms with Gasteiger partial charge in [0.2, 0.25) is 10.0 Å². The van der Waals surface area contributed by atoms with Gasteiger partial charge in [0.25, 0.3) is 5.69 Å². The Morgan fingerprint density at radius 3 is 2.45 bits per heavy atom. The quantitative estimate of drug-likeness (QED) is 0.492. The lowest BCUT2D eigenvalue weighted by atomic mass is 10.2. The summed E-state index contributed by atoms with van der Waals surface area (Å²) < 4.78 is 22.4.